The molecule has 0 aliphatic rings. The van der Waals surface area contributed by atoms with Crippen LogP contribution in [0.25, 0.3) is 5.52 Å². The van der Waals surface area contributed by atoms with Crippen molar-refractivity contribution < 1.29 is 14.7 Å². The maximum Gasteiger partial charge on any atom is 0.279 e. The number of rotatable bonds is 5. The number of halogens is 1. The fourth-order valence-corrected chi connectivity index (χ4v) is 3.20. The number of aromatic nitrogens is 2. The summed E-state index contributed by atoms with van der Waals surface area (Å²) in [6.07, 6.45) is 2.31. The highest BCUT2D eigenvalue weighted by atomic mass is 35.5. The van der Waals surface area contributed by atoms with Crippen LogP contribution in [0.15, 0.2) is 46.2 Å². The number of nitrogens with zero attached hydrogens (tertiary/aromatic N) is 2. The van der Waals surface area contributed by atoms with E-state index in [1.165, 1.54) is 17.8 Å². The first-order valence-corrected chi connectivity index (χ1v) is 8.86. The van der Waals surface area contributed by atoms with Crippen molar-refractivity contribution in [2.45, 2.75) is 13.0 Å². The number of hydrogen-bond donors (Lipinski definition) is 3. The SMILES string of the molecule is CNC(=O)Cc1cn2cc(C(N)=O)c(=O)c(O)c2c(=O)n1Cc1cccc(Cl)c1. The average molecular weight is 417 g/mol. The predicted octanol–water partition coefficient (Wildman–Crippen LogP) is 0.256. The second-order valence-corrected chi connectivity index (χ2v) is 6.77. The largest absolute Gasteiger partial charge is 0.503 e. The van der Waals surface area contributed by atoms with Crippen LogP contribution < -0.4 is 22.0 Å². The van der Waals surface area contributed by atoms with Crippen molar-refractivity contribution in [3.8, 4) is 5.75 Å². The molecular formula is C19H17ClN4O5. The third-order valence-corrected chi connectivity index (χ3v) is 4.64. The zero-order chi connectivity index (χ0) is 21.3. The number of amides is 2. The Morgan fingerprint density at radius 2 is 1.97 bits per heavy atom. The quantitative estimate of drug-likeness (QED) is 0.548. The number of aromatic hydroxyl groups is 1. The lowest BCUT2D eigenvalue weighted by molar-refractivity contribution is -0.120. The molecule has 0 spiro atoms. The number of pyridine rings is 1. The number of benzene rings is 1. The summed E-state index contributed by atoms with van der Waals surface area (Å²) in [4.78, 5) is 48.8. The Balaban J connectivity index is 2.32. The third kappa shape index (κ3) is 3.85. The fraction of sp³-hybridized carbons (Fsp3) is 0.158. The van der Waals surface area contributed by atoms with Crippen molar-refractivity contribution in [1.82, 2.24) is 14.3 Å². The molecule has 0 saturated carbocycles. The molecular weight excluding hydrogens is 400 g/mol. The van der Waals surface area contributed by atoms with Crippen molar-refractivity contribution in [3.05, 3.63) is 79.1 Å². The molecule has 3 rings (SSSR count). The lowest BCUT2D eigenvalue weighted by atomic mass is 10.2. The predicted molar refractivity (Wildman–Crippen MR) is 106 cm³/mol. The maximum absolute atomic E-state index is 13.1. The standard InChI is InChI=1S/C19H17ClN4O5/c1-22-14(25)6-12-8-23-9-13(18(21)28)16(26)17(27)15(23)19(29)24(12)7-10-3-2-4-11(20)5-10/h2-5,8-9,27H,6-7H2,1H3,(H2,21,28)(H,22,25). The molecule has 4 N–H and O–H groups in total. The van der Waals surface area contributed by atoms with Crippen LogP contribution in [0, 0.1) is 0 Å². The van der Waals surface area contributed by atoms with E-state index in [2.05, 4.69) is 5.32 Å². The zero-order valence-corrected chi connectivity index (χ0v) is 16.1. The smallest absolute Gasteiger partial charge is 0.279 e. The Morgan fingerprint density at radius 3 is 2.59 bits per heavy atom. The number of nitrogens with one attached hydrogen (secondary N) is 1. The molecule has 0 unspecified atom stereocenters. The van der Waals surface area contributed by atoms with Crippen LogP contribution in [-0.2, 0) is 17.8 Å². The van der Waals surface area contributed by atoms with Crippen LogP contribution in [-0.4, -0.2) is 32.9 Å². The Bertz CT molecular complexity index is 1260. The molecule has 29 heavy (non-hydrogen) atoms. The van der Waals surface area contributed by atoms with Gasteiger partial charge in [-0.05, 0) is 17.7 Å². The average Bonchev–Trinajstić information content (AvgIpc) is 2.67. The highest BCUT2D eigenvalue weighted by Crippen LogP contribution is 2.16. The van der Waals surface area contributed by atoms with Gasteiger partial charge in [-0.25, -0.2) is 0 Å². The molecule has 2 aromatic heterocycles. The number of hydrogen-bond acceptors (Lipinski definition) is 5. The van der Waals surface area contributed by atoms with Gasteiger partial charge in [0.2, 0.25) is 11.3 Å². The number of primary amides is 1. The minimum Gasteiger partial charge on any atom is -0.503 e. The molecule has 3 aromatic rings. The van der Waals surface area contributed by atoms with Crippen molar-refractivity contribution >= 4 is 28.9 Å². The Labute approximate surface area is 169 Å². The van der Waals surface area contributed by atoms with Crippen LogP contribution in [0.5, 0.6) is 5.75 Å². The van der Waals surface area contributed by atoms with Gasteiger partial charge in [0.1, 0.15) is 5.56 Å². The van der Waals surface area contributed by atoms with Gasteiger partial charge in [-0.3, -0.25) is 19.2 Å². The van der Waals surface area contributed by atoms with Crippen LogP contribution >= 0.6 is 11.6 Å². The Morgan fingerprint density at radius 1 is 1.24 bits per heavy atom. The normalized spacial score (nSPS) is 10.8. The fourth-order valence-electron chi connectivity index (χ4n) is 2.98. The summed E-state index contributed by atoms with van der Waals surface area (Å²) in [5, 5.41) is 13.2. The molecule has 2 amide bonds. The second-order valence-electron chi connectivity index (χ2n) is 6.33. The van der Waals surface area contributed by atoms with Crippen molar-refractivity contribution in [3.63, 3.8) is 0 Å². The van der Waals surface area contributed by atoms with E-state index >= 15 is 0 Å². The maximum atomic E-state index is 13.1. The van der Waals surface area contributed by atoms with Crippen LogP contribution in [0.4, 0.5) is 0 Å². The highest BCUT2D eigenvalue weighted by Gasteiger charge is 2.20. The molecule has 0 radical (unpaired) electrons. The minimum atomic E-state index is -1.05. The molecule has 10 heteroatoms. The van der Waals surface area contributed by atoms with E-state index in [4.69, 9.17) is 17.3 Å². The molecule has 0 atom stereocenters. The molecule has 0 bridgehead atoms. The molecule has 0 aliphatic heterocycles. The Hall–Kier alpha value is -3.59. The summed E-state index contributed by atoms with van der Waals surface area (Å²) in [5.41, 5.74) is 3.59. The summed E-state index contributed by atoms with van der Waals surface area (Å²) in [5.74, 6) is -2.29. The zero-order valence-electron chi connectivity index (χ0n) is 15.3. The van der Waals surface area contributed by atoms with Crippen LogP contribution in [0.2, 0.25) is 5.02 Å². The summed E-state index contributed by atoms with van der Waals surface area (Å²) in [6.45, 7) is 0.0490. The summed E-state index contributed by atoms with van der Waals surface area (Å²) >= 11 is 6.00. The minimum absolute atomic E-state index is 0.0490. The van der Waals surface area contributed by atoms with Gasteiger partial charge in [0.25, 0.3) is 11.5 Å². The van der Waals surface area contributed by atoms with E-state index in [-0.39, 0.29) is 24.4 Å². The topological polar surface area (TPSA) is 136 Å². The van der Waals surface area contributed by atoms with Crippen molar-refractivity contribution in [1.29, 1.82) is 0 Å². The van der Waals surface area contributed by atoms with Gasteiger partial charge in [0.05, 0.1) is 13.0 Å². The highest BCUT2D eigenvalue weighted by molar-refractivity contribution is 6.30. The molecule has 2 heterocycles. The molecule has 150 valence electrons. The van der Waals surface area contributed by atoms with E-state index in [0.29, 0.717) is 16.3 Å². The van der Waals surface area contributed by atoms with Gasteiger partial charge in [0, 0.05) is 30.2 Å². The molecule has 0 saturated heterocycles. The molecule has 9 nitrogen and oxygen atoms in total. The first-order valence-electron chi connectivity index (χ1n) is 8.48. The van der Waals surface area contributed by atoms with Gasteiger partial charge in [-0.15, -0.1) is 0 Å². The lowest BCUT2D eigenvalue weighted by Gasteiger charge is -2.16. The van der Waals surface area contributed by atoms with Gasteiger partial charge in [-0.1, -0.05) is 23.7 Å². The van der Waals surface area contributed by atoms with Crippen LogP contribution in [0.3, 0.4) is 0 Å². The molecule has 1 aromatic carbocycles. The lowest BCUT2D eigenvalue weighted by Crippen LogP contribution is -2.32. The number of fused-ring (bicyclic) bond motifs is 1. The second kappa shape index (κ2) is 7.80. The van der Waals surface area contributed by atoms with E-state index in [9.17, 15) is 24.3 Å². The first kappa shape index (κ1) is 20.2. The summed E-state index contributed by atoms with van der Waals surface area (Å²) in [6, 6.07) is 6.79. The van der Waals surface area contributed by atoms with Gasteiger partial charge in [0.15, 0.2) is 11.3 Å². The summed E-state index contributed by atoms with van der Waals surface area (Å²) < 4.78 is 2.39. The van der Waals surface area contributed by atoms with Gasteiger partial charge >= 0.3 is 0 Å². The van der Waals surface area contributed by atoms with Gasteiger partial charge in [-0.2, -0.15) is 0 Å². The monoisotopic (exact) mass is 416 g/mol. The van der Waals surface area contributed by atoms with Crippen LogP contribution in [0.1, 0.15) is 21.6 Å². The van der Waals surface area contributed by atoms with E-state index in [1.54, 1.807) is 24.3 Å². The number of carbonyl (C=O) groups excluding carboxylic acids is 2. The Kier molecular flexibility index (Phi) is 5.42. The molecule has 0 aliphatic carbocycles. The van der Waals surface area contributed by atoms with E-state index in [0.717, 1.165) is 10.6 Å². The van der Waals surface area contributed by atoms with E-state index < -0.39 is 28.2 Å². The van der Waals surface area contributed by atoms with E-state index in [1.807, 2.05) is 0 Å². The number of likely N-dealkylation sites (N-methyl/N-ethyl adjacent to an activating group) is 1. The number of nitrogens with two attached hydrogens (primary N) is 1. The van der Waals surface area contributed by atoms with Crippen molar-refractivity contribution in [2.24, 2.45) is 5.73 Å². The summed E-state index contributed by atoms with van der Waals surface area (Å²) in [7, 11) is 1.46. The number of carbonyl (C=O) groups is 2. The van der Waals surface area contributed by atoms with Crippen molar-refractivity contribution in [2.75, 3.05) is 7.05 Å². The third-order valence-electron chi connectivity index (χ3n) is 4.41. The van der Waals surface area contributed by atoms with Gasteiger partial charge < -0.3 is 25.1 Å². The first-order chi connectivity index (χ1) is 13.7. The molecule has 0 fully saturated rings.